The second kappa shape index (κ2) is 6.60. The van der Waals surface area contributed by atoms with Crippen LogP contribution in [0.3, 0.4) is 0 Å². The number of amides is 1. The fourth-order valence-electron chi connectivity index (χ4n) is 1.68. The van der Waals surface area contributed by atoms with E-state index in [1.165, 1.54) is 6.08 Å². The van der Waals surface area contributed by atoms with Crippen LogP contribution in [-0.4, -0.2) is 5.91 Å². The summed E-state index contributed by atoms with van der Waals surface area (Å²) in [6.45, 7) is 1.94. The summed E-state index contributed by atoms with van der Waals surface area (Å²) in [5, 5.41) is 3.78. The predicted octanol–water partition coefficient (Wildman–Crippen LogP) is 4.95. The number of anilines is 1. The minimum Gasteiger partial charge on any atom is -0.322 e. The lowest BCUT2D eigenvalue weighted by molar-refractivity contribution is -0.111. The number of hydrogen-bond acceptors (Lipinski definition) is 1. The second-order valence-corrected chi connectivity index (χ2v) is 5.13. The summed E-state index contributed by atoms with van der Waals surface area (Å²) in [5.41, 5.74) is 2.64. The molecule has 0 radical (unpaired) electrons. The molecule has 2 rings (SSSR count). The maximum Gasteiger partial charge on any atom is 0.248 e. The lowest BCUT2D eigenvalue weighted by atomic mass is 10.2. The molecule has 4 heteroatoms. The van der Waals surface area contributed by atoms with Crippen LogP contribution in [0.2, 0.25) is 10.0 Å². The van der Waals surface area contributed by atoms with E-state index in [1.807, 2.05) is 31.2 Å². The third-order valence-corrected chi connectivity index (χ3v) is 3.51. The van der Waals surface area contributed by atoms with E-state index < -0.39 is 0 Å². The first kappa shape index (κ1) is 14.6. The van der Waals surface area contributed by atoms with Gasteiger partial charge >= 0.3 is 0 Å². The number of aryl methyl sites for hydroxylation is 1. The molecule has 0 heterocycles. The SMILES string of the molecule is Cc1ccccc1NC(=O)C=Cc1ccc(Cl)c(Cl)c1. The summed E-state index contributed by atoms with van der Waals surface area (Å²) in [6.07, 6.45) is 3.15. The number of halogens is 2. The van der Waals surface area contributed by atoms with Gasteiger partial charge in [0.2, 0.25) is 5.91 Å². The van der Waals surface area contributed by atoms with Gasteiger partial charge in [0.25, 0.3) is 0 Å². The first-order valence-corrected chi connectivity index (χ1v) is 6.81. The van der Waals surface area contributed by atoms with E-state index in [-0.39, 0.29) is 5.91 Å². The van der Waals surface area contributed by atoms with Crippen molar-refractivity contribution in [3.05, 3.63) is 69.7 Å². The molecule has 0 aliphatic carbocycles. The molecule has 2 aromatic carbocycles. The van der Waals surface area contributed by atoms with E-state index in [2.05, 4.69) is 5.32 Å². The summed E-state index contributed by atoms with van der Waals surface area (Å²) in [4.78, 5) is 11.8. The summed E-state index contributed by atoms with van der Waals surface area (Å²) in [7, 11) is 0. The zero-order chi connectivity index (χ0) is 14.5. The Morgan fingerprint density at radius 3 is 2.55 bits per heavy atom. The van der Waals surface area contributed by atoms with Crippen molar-refractivity contribution in [3.63, 3.8) is 0 Å². The molecule has 0 saturated heterocycles. The Morgan fingerprint density at radius 2 is 1.85 bits per heavy atom. The van der Waals surface area contributed by atoms with Crippen molar-refractivity contribution in [1.29, 1.82) is 0 Å². The molecule has 0 bridgehead atoms. The van der Waals surface area contributed by atoms with Gasteiger partial charge in [-0.05, 0) is 42.3 Å². The number of nitrogens with one attached hydrogen (secondary N) is 1. The van der Waals surface area contributed by atoms with Crippen molar-refractivity contribution < 1.29 is 4.79 Å². The molecule has 0 unspecified atom stereocenters. The van der Waals surface area contributed by atoms with Crippen LogP contribution in [-0.2, 0) is 4.79 Å². The number of rotatable bonds is 3. The third kappa shape index (κ3) is 3.86. The highest BCUT2D eigenvalue weighted by atomic mass is 35.5. The highest BCUT2D eigenvalue weighted by molar-refractivity contribution is 6.42. The summed E-state index contributed by atoms with van der Waals surface area (Å²) in [6, 6.07) is 12.8. The van der Waals surface area contributed by atoms with E-state index >= 15 is 0 Å². The van der Waals surface area contributed by atoms with Crippen LogP contribution in [0.4, 0.5) is 5.69 Å². The van der Waals surface area contributed by atoms with Crippen molar-refractivity contribution in [2.45, 2.75) is 6.92 Å². The monoisotopic (exact) mass is 305 g/mol. The normalized spacial score (nSPS) is 10.8. The summed E-state index contributed by atoms with van der Waals surface area (Å²) in [5.74, 6) is -0.189. The lowest BCUT2D eigenvalue weighted by Crippen LogP contribution is -2.08. The fourth-order valence-corrected chi connectivity index (χ4v) is 1.98. The summed E-state index contributed by atoms with van der Waals surface area (Å²) >= 11 is 11.7. The van der Waals surface area contributed by atoms with Crippen molar-refractivity contribution in [2.24, 2.45) is 0 Å². The molecule has 0 aromatic heterocycles. The lowest BCUT2D eigenvalue weighted by Gasteiger charge is -2.05. The topological polar surface area (TPSA) is 29.1 Å². The number of carbonyl (C=O) groups excluding carboxylic acids is 1. The third-order valence-electron chi connectivity index (χ3n) is 2.77. The molecule has 0 spiro atoms. The molecular weight excluding hydrogens is 293 g/mol. The van der Waals surface area contributed by atoms with Gasteiger partial charge in [0, 0.05) is 11.8 Å². The van der Waals surface area contributed by atoms with Gasteiger partial charge in [-0.3, -0.25) is 4.79 Å². The molecule has 1 amide bonds. The molecule has 0 atom stereocenters. The molecular formula is C16H13Cl2NO. The van der Waals surface area contributed by atoms with Crippen LogP contribution >= 0.6 is 23.2 Å². The van der Waals surface area contributed by atoms with E-state index in [9.17, 15) is 4.79 Å². The van der Waals surface area contributed by atoms with Gasteiger partial charge in [0.1, 0.15) is 0 Å². The van der Waals surface area contributed by atoms with Crippen molar-refractivity contribution in [1.82, 2.24) is 0 Å². The second-order valence-electron chi connectivity index (χ2n) is 4.31. The molecule has 0 saturated carbocycles. The van der Waals surface area contributed by atoms with Crippen LogP contribution in [0.5, 0.6) is 0 Å². The zero-order valence-electron chi connectivity index (χ0n) is 10.9. The molecule has 0 aliphatic rings. The Kier molecular flexibility index (Phi) is 4.83. The minimum atomic E-state index is -0.189. The van der Waals surface area contributed by atoms with Gasteiger partial charge in [-0.1, -0.05) is 47.5 Å². The fraction of sp³-hybridized carbons (Fsp3) is 0.0625. The molecule has 0 fully saturated rings. The van der Waals surface area contributed by atoms with Gasteiger partial charge in [-0.25, -0.2) is 0 Å². The Bertz CT molecular complexity index is 665. The number of para-hydroxylation sites is 1. The molecule has 1 N–H and O–H groups in total. The van der Waals surface area contributed by atoms with E-state index in [1.54, 1.807) is 24.3 Å². The average Bonchev–Trinajstić information content (AvgIpc) is 2.43. The molecule has 0 aliphatic heterocycles. The van der Waals surface area contributed by atoms with Crippen molar-refractivity contribution >= 4 is 40.9 Å². The van der Waals surface area contributed by atoms with Gasteiger partial charge in [0.05, 0.1) is 10.0 Å². The molecule has 102 valence electrons. The van der Waals surface area contributed by atoms with Crippen LogP contribution in [0.1, 0.15) is 11.1 Å². The molecule has 2 nitrogen and oxygen atoms in total. The smallest absolute Gasteiger partial charge is 0.248 e. The van der Waals surface area contributed by atoms with Crippen molar-refractivity contribution in [2.75, 3.05) is 5.32 Å². The van der Waals surface area contributed by atoms with Gasteiger partial charge in [0.15, 0.2) is 0 Å². The van der Waals surface area contributed by atoms with Gasteiger partial charge in [-0.2, -0.15) is 0 Å². The Labute approximate surface area is 128 Å². The van der Waals surface area contributed by atoms with Crippen LogP contribution in [0.25, 0.3) is 6.08 Å². The summed E-state index contributed by atoms with van der Waals surface area (Å²) < 4.78 is 0. The average molecular weight is 306 g/mol. The molecule has 20 heavy (non-hydrogen) atoms. The first-order chi connectivity index (χ1) is 9.56. The highest BCUT2D eigenvalue weighted by Crippen LogP contribution is 2.23. The van der Waals surface area contributed by atoms with Crippen LogP contribution in [0.15, 0.2) is 48.5 Å². The predicted molar refractivity (Wildman–Crippen MR) is 85.3 cm³/mol. The number of benzene rings is 2. The largest absolute Gasteiger partial charge is 0.322 e. The van der Waals surface area contributed by atoms with Gasteiger partial charge < -0.3 is 5.32 Å². The Balaban J connectivity index is 2.06. The van der Waals surface area contributed by atoms with Gasteiger partial charge in [-0.15, -0.1) is 0 Å². The van der Waals surface area contributed by atoms with Crippen LogP contribution in [0, 0.1) is 6.92 Å². The molecule has 2 aromatic rings. The Hall–Kier alpha value is -1.77. The highest BCUT2D eigenvalue weighted by Gasteiger charge is 2.01. The number of carbonyl (C=O) groups is 1. The Morgan fingerprint density at radius 1 is 1.10 bits per heavy atom. The first-order valence-electron chi connectivity index (χ1n) is 6.06. The van der Waals surface area contributed by atoms with E-state index in [0.717, 1.165) is 16.8 Å². The number of hydrogen-bond donors (Lipinski definition) is 1. The van der Waals surface area contributed by atoms with E-state index in [0.29, 0.717) is 10.0 Å². The minimum absolute atomic E-state index is 0.189. The van der Waals surface area contributed by atoms with Crippen molar-refractivity contribution in [3.8, 4) is 0 Å². The zero-order valence-corrected chi connectivity index (χ0v) is 12.4. The van der Waals surface area contributed by atoms with Crippen LogP contribution < -0.4 is 5.32 Å². The van der Waals surface area contributed by atoms with E-state index in [4.69, 9.17) is 23.2 Å². The maximum atomic E-state index is 11.8. The standard InChI is InChI=1S/C16H13Cl2NO/c1-11-4-2-3-5-15(11)19-16(20)9-7-12-6-8-13(17)14(18)10-12/h2-10H,1H3,(H,19,20). The quantitative estimate of drug-likeness (QED) is 0.798. The maximum absolute atomic E-state index is 11.8.